The number of hydrogen-bond acceptors (Lipinski definition) is 4. The summed E-state index contributed by atoms with van der Waals surface area (Å²) in [5, 5.41) is 4.08. The summed E-state index contributed by atoms with van der Waals surface area (Å²) in [5.41, 5.74) is 5.31. The molecule has 0 aliphatic rings. The van der Waals surface area contributed by atoms with Gasteiger partial charge in [0.2, 0.25) is 0 Å². The Morgan fingerprint density at radius 2 is 1.76 bits per heavy atom. The number of nitrogens with one attached hydrogen (secondary N) is 1. The van der Waals surface area contributed by atoms with Crippen LogP contribution in [0.5, 0.6) is 0 Å². The molecule has 148 valence electrons. The van der Waals surface area contributed by atoms with Crippen LogP contribution < -0.4 is 10.2 Å². The molecule has 0 aliphatic heterocycles. The number of pyridine rings is 1. The van der Waals surface area contributed by atoms with E-state index in [1.807, 2.05) is 38.4 Å². The summed E-state index contributed by atoms with van der Waals surface area (Å²) < 4.78 is 2.14. The summed E-state index contributed by atoms with van der Waals surface area (Å²) in [6, 6.07) is 16.3. The number of aryl methyl sites for hydroxylation is 2. The maximum Gasteiger partial charge on any atom is 0.263 e. The second-order valence-electron chi connectivity index (χ2n) is 7.33. The van der Waals surface area contributed by atoms with Crippen molar-refractivity contribution in [3.8, 4) is 5.69 Å². The van der Waals surface area contributed by atoms with E-state index >= 15 is 0 Å². The summed E-state index contributed by atoms with van der Waals surface area (Å²) in [6.45, 7) is 4.60. The van der Waals surface area contributed by atoms with Crippen molar-refractivity contribution in [2.24, 2.45) is 0 Å². The maximum atomic E-state index is 13.2. The fraction of sp³-hybridized carbons (Fsp3) is 0.217. The molecular weight excluding hydrogens is 380 g/mol. The Balaban J connectivity index is 1.66. The molecule has 1 N–H and O–H groups in total. The first-order valence-corrected chi connectivity index (χ1v) is 10.3. The van der Waals surface area contributed by atoms with Crippen molar-refractivity contribution in [3.05, 3.63) is 76.6 Å². The zero-order chi connectivity index (χ0) is 20.5. The normalized spacial score (nSPS) is 11.0. The summed E-state index contributed by atoms with van der Waals surface area (Å²) in [7, 11) is 4.03. The molecule has 0 fully saturated rings. The first-order valence-electron chi connectivity index (χ1n) is 9.53. The number of amides is 1. The van der Waals surface area contributed by atoms with Crippen molar-refractivity contribution in [2.45, 2.75) is 20.4 Å². The zero-order valence-electron chi connectivity index (χ0n) is 17.1. The first kappa shape index (κ1) is 19.2. The number of thiophene rings is 1. The lowest BCUT2D eigenvalue weighted by Gasteiger charge is -2.13. The number of aromatic nitrogens is 2. The van der Waals surface area contributed by atoms with Crippen molar-refractivity contribution < 1.29 is 4.79 Å². The lowest BCUT2D eigenvalue weighted by molar-refractivity contribution is 0.0955. The summed E-state index contributed by atoms with van der Waals surface area (Å²) >= 11 is 1.44. The fourth-order valence-electron chi connectivity index (χ4n) is 3.49. The molecule has 4 aromatic rings. The third kappa shape index (κ3) is 3.63. The van der Waals surface area contributed by atoms with Crippen LogP contribution in [0, 0.1) is 13.8 Å². The van der Waals surface area contributed by atoms with E-state index in [0.29, 0.717) is 11.4 Å². The minimum atomic E-state index is -0.0767. The van der Waals surface area contributed by atoms with Gasteiger partial charge in [-0.25, -0.2) is 4.98 Å². The van der Waals surface area contributed by atoms with Crippen LogP contribution >= 0.6 is 11.3 Å². The topological polar surface area (TPSA) is 50.2 Å². The minimum Gasteiger partial charge on any atom is -0.378 e. The van der Waals surface area contributed by atoms with Crippen LogP contribution in [0.25, 0.3) is 15.9 Å². The number of benzene rings is 1. The van der Waals surface area contributed by atoms with Gasteiger partial charge in [0.15, 0.2) is 0 Å². The van der Waals surface area contributed by atoms with Gasteiger partial charge >= 0.3 is 0 Å². The molecular formula is C23H24N4OS. The van der Waals surface area contributed by atoms with Crippen LogP contribution in [0.1, 0.15) is 26.6 Å². The van der Waals surface area contributed by atoms with Crippen LogP contribution in [0.15, 0.2) is 54.7 Å². The molecule has 29 heavy (non-hydrogen) atoms. The van der Waals surface area contributed by atoms with Gasteiger partial charge in [-0.3, -0.25) is 4.79 Å². The third-order valence-corrected chi connectivity index (χ3v) is 6.15. The first-order chi connectivity index (χ1) is 14.0. The molecule has 4 rings (SSSR count). The molecule has 1 aromatic carbocycles. The SMILES string of the molecule is Cc1ccc(C)n1-c1c(C(=O)NCc2ccc(N(C)C)cc2)sc2ncccc12. The number of nitrogens with zero attached hydrogens (tertiary/aromatic N) is 3. The predicted molar refractivity (Wildman–Crippen MR) is 120 cm³/mol. The monoisotopic (exact) mass is 404 g/mol. The number of anilines is 1. The predicted octanol–water partition coefficient (Wildman–Crippen LogP) is 4.70. The number of carbonyl (C=O) groups excluding carboxylic acids is 1. The van der Waals surface area contributed by atoms with Crippen molar-refractivity contribution in [1.82, 2.24) is 14.9 Å². The number of rotatable bonds is 5. The second kappa shape index (κ2) is 7.72. The van der Waals surface area contributed by atoms with Gasteiger partial charge in [0.05, 0.1) is 5.69 Å². The summed E-state index contributed by atoms with van der Waals surface area (Å²) in [6.07, 6.45) is 1.77. The summed E-state index contributed by atoms with van der Waals surface area (Å²) in [4.78, 5) is 21.2. The number of hydrogen-bond donors (Lipinski definition) is 1. The molecule has 0 spiro atoms. The molecule has 0 atom stereocenters. The Morgan fingerprint density at radius 1 is 1.07 bits per heavy atom. The van der Waals surface area contributed by atoms with E-state index in [1.54, 1.807) is 6.20 Å². The Morgan fingerprint density at radius 3 is 2.41 bits per heavy atom. The van der Waals surface area contributed by atoms with E-state index in [4.69, 9.17) is 0 Å². The van der Waals surface area contributed by atoms with Gasteiger partial charge in [0.25, 0.3) is 5.91 Å². The van der Waals surface area contributed by atoms with Crippen LogP contribution in [0.4, 0.5) is 5.69 Å². The van der Waals surface area contributed by atoms with Crippen molar-refractivity contribution in [1.29, 1.82) is 0 Å². The molecule has 1 amide bonds. The largest absolute Gasteiger partial charge is 0.378 e. The number of fused-ring (bicyclic) bond motifs is 1. The molecule has 6 heteroatoms. The Bertz CT molecular complexity index is 1150. The van der Waals surface area contributed by atoms with Crippen LogP contribution in [0.2, 0.25) is 0 Å². The van der Waals surface area contributed by atoms with E-state index in [2.05, 4.69) is 57.9 Å². The van der Waals surface area contributed by atoms with Crippen LogP contribution in [0.3, 0.4) is 0 Å². The molecule has 0 bridgehead atoms. The van der Waals surface area contributed by atoms with Crippen molar-refractivity contribution >= 4 is 33.1 Å². The quantitative estimate of drug-likeness (QED) is 0.525. The van der Waals surface area contributed by atoms with E-state index in [1.165, 1.54) is 11.3 Å². The van der Waals surface area contributed by atoms with Gasteiger partial charge in [-0.15, -0.1) is 11.3 Å². The smallest absolute Gasteiger partial charge is 0.263 e. The molecule has 3 heterocycles. The van der Waals surface area contributed by atoms with Gasteiger partial charge in [0.1, 0.15) is 9.71 Å². The maximum absolute atomic E-state index is 13.2. The van der Waals surface area contributed by atoms with E-state index in [9.17, 15) is 4.79 Å². The number of carbonyl (C=O) groups is 1. The minimum absolute atomic E-state index is 0.0767. The van der Waals surface area contributed by atoms with Crippen molar-refractivity contribution in [2.75, 3.05) is 19.0 Å². The van der Waals surface area contributed by atoms with Crippen LogP contribution in [-0.4, -0.2) is 29.6 Å². The van der Waals surface area contributed by atoms with E-state index < -0.39 is 0 Å². The van der Waals surface area contributed by atoms with Crippen LogP contribution in [-0.2, 0) is 6.54 Å². The lowest BCUT2D eigenvalue weighted by atomic mass is 10.2. The highest BCUT2D eigenvalue weighted by molar-refractivity contribution is 7.21. The fourth-order valence-corrected chi connectivity index (χ4v) is 4.54. The highest BCUT2D eigenvalue weighted by Gasteiger charge is 2.22. The summed E-state index contributed by atoms with van der Waals surface area (Å²) in [5.74, 6) is -0.0767. The molecule has 0 saturated heterocycles. The molecule has 0 unspecified atom stereocenters. The van der Waals surface area contributed by atoms with Gasteiger partial charge in [-0.1, -0.05) is 12.1 Å². The highest BCUT2D eigenvalue weighted by atomic mass is 32.1. The zero-order valence-corrected chi connectivity index (χ0v) is 17.9. The molecule has 5 nitrogen and oxygen atoms in total. The van der Waals surface area contributed by atoms with Crippen molar-refractivity contribution in [3.63, 3.8) is 0 Å². The van der Waals surface area contributed by atoms with E-state index in [-0.39, 0.29) is 5.91 Å². The van der Waals surface area contributed by atoms with E-state index in [0.717, 1.165) is 38.5 Å². The Labute approximate surface area is 174 Å². The molecule has 3 aromatic heterocycles. The second-order valence-corrected chi connectivity index (χ2v) is 8.33. The Hall–Kier alpha value is -3.12. The molecule has 0 saturated carbocycles. The average Bonchev–Trinajstić information content (AvgIpc) is 3.25. The third-order valence-electron chi connectivity index (χ3n) is 5.05. The highest BCUT2D eigenvalue weighted by Crippen LogP contribution is 2.34. The van der Waals surface area contributed by atoms with Gasteiger partial charge in [-0.2, -0.15) is 0 Å². The molecule has 0 aliphatic carbocycles. The lowest BCUT2D eigenvalue weighted by Crippen LogP contribution is -2.23. The Kier molecular flexibility index (Phi) is 5.11. The van der Waals surface area contributed by atoms with Gasteiger partial charge in [-0.05, 0) is 55.8 Å². The molecule has 0 radical (unpaired) electrons. The standard InChI is InChI=1S/C23H24N4OS/c1-15-7-8-16(2)27(15)20-19-6-5-13-24-23(19)29-21(20)22(28)25-14-17-9-11-18(12-10-17)26(3)4/h5-13H,14H2,1-4H3,(H,25,28). The average molecular weight is 405 g/mol. The van der Waals surface area contributed by atoms with Gasteiger partial charge in [0, 0.05) is 49.3 Å². The van der Waals surface area contributed by atoms with Gasteiger partial charge < -0.3 is 14.8 Å².